The molecule has 0 bridgehead atoms. The SMILES string of the molecule is c1cncc(-c2ccc(-c3cccc4ccccc34)o2)c1. The van der Waals surface area contributed by atoms with E-state index in [1.807, 2.05) is 30.5 Å². The van der Waals surface area contributed by atoms with Gasteiger partial charge < -0.3 is 4.42 Å². The van der Waals surface area contributed by atoms with Crippen LogP contribution in [0.3, 0.4) is 0 Å². The molecular formula is C19H13NO. The largest absolute Gasteiger partial charge is 0.456 e. The van der Waals surface area contributed by atoms with E-state index in [0.29, 0.717) is 0 Å². The lowest BCUT2D eigenvalue weighted by atomic mass is 10.0. The quantitative estimate of drug-likeness (QED) is 0.503. The molecule has 2 aromatic heterocycles. The van der Waals surface area contributed by atoms with Crippen LogP contribution >= 0.6 is 0 Å². The highest BCUT2D eigenvalue weighted by Gasteiger charge is 2.09. The second-order valence-corrected chi connectivity index (χ2v) is 4.93. The molecule has 0 fully saturated rings. The predicted molar refractivity (Wildman–Crippen MR) is 84.9 cm³/mol. The van der Waals surface area contributed by atoms with Crippen LogP contribution in [0.15, 0.2) is 83.5 Å². The van der Waals surface area contributed by atoms with Crippen molar-refractivity contribution in [2.45, 2.75) is 0 Å². The van der Waals surface area contributed by atoms with Crippen LogP contribution in [0.4, 0.5) is 0 Å². The van der Waals surface area contributed by atoms with E-state index in [1.165, 1.54) is 10.8 Å². The van der Waals surface area contributed by atoms with Gasteiger partial charge in [-0.05, 0) is 35.0 Å². The Bertz CT molecular complexity index is 888. The minimum atomic E-state index is 0.839. The Balaban J connectivity index is 1.85. The minimum Gasteiger partial charge on any atom is -0.456 e. The van der Waals surface area contributed by atoms with E-state index >= 15 is 0 Å². The summed E-state index contributed by atoms with van der Waals surface area (Å²) in [6, 6.07) is 22.5. The molecule has 0 saturated heterocycles. The molecule has 0 aliphatic carbocycles. The van der Waals surface area contributed by atoms with Crippen molar-refractivity contribution in [3.05, 3.63) is 79.1 Å². The normalized spacial score (nSPS) is 10.9. The summed E-state index contributed by atoms with van der Waals surface area (Å²) >= 11 is 0. The average Bonchev–Trinajstić information content (AvgIpc) is 3.05. The number of hydrogen-bond acceptors (Lipinski definition) is 2. The fourth-order valence-corrected chi connectivity index (χ4v) is 2.59. The fraction of sp³-hybridized carbons (Fsp3) is 0. The summed E-state index contributed by atoms with van der Waals surface area (Å²) in [5.41, 5.74) is 2.10. The Hall–Kier alpha value is -2.87. The molecule has 2 heteroatoms. The number of hydrogen-bond donors (Lipinski definition) is 0. The smallest absolute Gasteiger partial charge is 0.136 e. The second-order valence-electron chi connectivity index (χ2n) is 4.93. The lowest BCUT2D eigenvalue weighted by molar-refractivity contribution is 0.598. The molecule has 2 nitrogen and oxygen atoms in total. The van der Waals surface area contributed by atoms with Crippen molar-refractivity contribution in [1.82, 2.24) is 4.98 Å². The highest BCUT2D eigenvalue weighted by atomic mass is 16.3. The maximum absolute atomic E-state index is 6.02. The molecule has 21 heavy (non-hydrogen) atoms. The van der Waals surface area contributed by atoms with E-state index in [-0.39, 0.29) is 0 Å². The zero-order valence-electron chi connectivity index (χ0n) is 11.4. The third kappa shape index (κ3) is 2.11. The van der Waals surface area contributed by atoms with Crippen molar-refractivity contribution in [2.24, 2.45) is 0 Å². The van der Waals surface area contributed by atoms with Gasteiger partial charge in [-0.25, -0.2) is 0 Å². The Labute approximate surface area is 122 Å². The molecule has 0 radical (unpaired) electrons. The van der Waals surface area contributed by atoms with Crippen LogP contribution in [0.2, 0.25) is 0 Å². The average molecular weight is 271 g/mol. The summed E-state index contributed by atoms with van der Waals surface area (Å²) in [5.74, 6) is 1.72. The number of pyridine rings is 1. The molecule has 0 unspecified atom stereocenters. The van der Waals surface area contributed by atoms with Crippen molar-refractivity contribution in [3.8, 4) is 22.6 Å². The maximum atomic E-state index is 6.02. The first-order chi connectivity index (χ1) is 10.4. The Morgan fingerprint density at radius 1 is 0.714 bits per heavy atom. The minimum absolute atomic E-state index is 0.839. The molecule has 4 rings (SSSR count). The summed E-state index contributed by atoms with van der Waals surface area (Å²) in [6.45, 7) is 0. The van der Waals surface area contributed by atoms with Gasteiger partial charge in [0.2, 0.25) is 0 Å². The molecule has 0 aliphatic heterocycles. The van der Waals surface area contributed by atoms with E-state index in [2.05, 4.69) is 47.4 Å². The molecule has 0 spiro atoms. The summed E-state index contributed by atoms with van der Waals surface area (Å²) in [4.78, 5) is 4.13. The van der Waals surface area contributed by atoms with Crippen LogP contribution in [0, 0.1) is 0 Å². The molecule has 2 aromatic carbocycles. The Kier molecular flexibility index (Phi) is 2.79. The van der Waals surface area contributed by atoms with E-state index in [9.17, 15) is 0 Å². The molecule has 0 atom stereocenters. The van der Waals surface area contributed by atoms with Gasteiger partial charge >= 0.3 is 0 Å². The predicted octanol–water partition coefficient (Wildman–Crippen LogP) is 5.16. The summed E-state index contributed by atoms with van der Waals surface area (Å²) in [5, 5.41) is 2.42. The molecular weight excluding hydrogens is 258 g/mol. The van der Waals surface area contributed by atoms with Crippen molar-refractivity contribution in [2.75, 3.05) is 0 Å². The topological polar surface area (TPSA) is 26.0 Å². The molecule has 100 valence electrons. The third-order valence-electron chi connectivity index (χ3n) is 3.61. The summed E-state index contributed by atoms with van der Waals surface area (Å²) in [6.07, 6.45) is 3.57. The summed E-state index contributed by atoms with van der Waals surface area (Å²) < 4.78 is 6.02. The maximum Gasteiger partial charge on any atom is 0.136 e. The third-order valence-corrected chi connectivity index (χ3v) is 3.61. The van der Waals surface area contributed by atoms with Crippen molar-refractivity contribution in [3.63, 3.8) is 0 Å². The number of nitrogens with zero attached hydrogens (tertiary/aromatic N) is 1. The number of furan rings is 1. The van der Waals surface area contributed by atoms with Gasteiger partial charge in [0.25, 0.3) is 0 Å². The van der Waals surface area contributed by atoms with Crippen LogP contribution in [-0.4, -0.2) is 4.98 Å². The monoisotopic (exact) mass is 271 g/mol. The number of aromatic nitrogens is 1. The van der Waals surface area contributed by atoms with Gasteiger partial charge in [0, 0.05) is 23.5 Å². The van der Waals surface area contributed by atoms with Crippen molar-refractivity contribution in [1.29, 1.82) is 0 Å². The first-order valence-corrected chi connectivity index (χ1v) is 6.90. The van der Waals surface area contributed by atoms with Gasteiger partial charge in [-0.2, -0.15) is 0 Å². The summed E-state index contributed by atoms with van der Waals surface area (Å²) in [7, 11) is 0. The molecule has 0 saturated carbocycles. The molecule has 0 amide bonds. The fourth-order valence-electron chi connectivity index (χ4n) is 2.59. The van der Waals surface area contributed by atoms with Crippen LogP contribution < -0.4 is 0 Å². The zero-order chi connectivity index (χ0) is 14.1. The first kappa shape index (κ1) is 11.9. The molecule has 0 N–H and O–H groups in total. The van der Waals surface area contributed by atoms with Crippen LogP contribution in [-0.2, 0) is 0 Å². The molecule has 0 aliphatic rings. The van der Waals surface area contributed by atoms with Crippen LogP contribution in [0.1, 0.15) is 0 Å². The number of rotatable bonds is 2. The molecule has 4 aromatic rings. The number of benzene rings is 2. The molecule has 2 heterocycles. The lowest BCUT2D eigenvalue weighted by Crippen LogP contribution is -1.78. The van der Waals surface area contributed by atoms with Crippen molar-refractivity contribution >= 4 is 10.8 Å². The Morgan fingerprint density at radius 3 is 2.48 bits per heavy atom. The van der Waals surface area contributed by atoms with Crippen LogP contribution in [0.25, 0.3) is 33.4 Å². The first-order valence-electron chi connectivity index (χ1n) is 6.90. The lowest BCUT2D eigenvalue weighted by Gasteiger charge is -2.03. The van der Waals surface area contributed by atoms with Gasteiger partial charge in [0.15, 0.2) is 0 Å². The van der Waals surface area contributed by atoms with E-state index in [0.717, 1.165) is 22.6 Å². The standard InChI is InChI=1S/C19H13NO/c1-2-8-16-14(5-1)6-3-9-17(16)19-11-10-18(21-19)15-7-4-12-20-13-15/h1-13H. The Morgan fingerprint density at radius 2 is 1.57 bits per heavy atom. The van der Waals surface area contributed by atoms with Gasteiger partial charge in [0.05, 0.1) is 0 Å². The van der Waals surface area contributed by atoms with E-state index < -0.39 is 0 Å². The van der Waals surface area contributed by atoms with E-state index in [4.69, 9.17) is 4.42 Å². The zero-order valence-corrected chi connectivity index (χ0v) is 11.4. The van der Waals surface area contributed by atoms with E-state index in [1.54, 1.807) is 6.20 Å². The highest BCUT2D eigenvalue weighted by molar-refractivity contribution is 5.95. The van der Waals surface area contributed by atoms with Crippen LogP contribution in [0.5, 0.6) is 0 Å². The highest BCUT2D eigenvalue weighted by Crippen LogP contribution is 2.32. The van der Waals surface area contributed by atoms with Gasteiger partial charge in [-0.15, -0.1) is 0 Å². The second kappa shape index (κ2) is 4.91. The van der Waals surface area contributed by atoms with Gasteiger partial charge in [0.1, 0.15) is 11.5 Å². The van der Waals surface area contributed by atoms with Crippen molar-refractivity contribution < 1.29 is 4.42 Å². The van der Waals surface area contributed by atoms with Gasteiger partial charge in [-0.3, -0.25) is 4.98 Å². The number of fused-ring (bicyclic) bond motifs is 1. The van der Waals surface area contributed by atoms with Gasteiger partial charge in [-0.1, -0.05) is 42.5 Å².